The van der Waals surface area contributed by atoms with Crippen molar-refractivity contribution in [3.63, 3.8) is 0 Å². The average molecular weight is 268 g/mol. The molecule has 1 unspecified atom stereocenters. The molecule has 5 heteroatoms. The lowest BCUT2D eigenvalue weighted by molar-refractivity contribution is -0.137. The average Bonchev–Trinajstić information content (AvgIpc) is 3.08. The summed E-state index contributed by atoms with van der Waals surface area (Å²) < 4.78 is 11.7. The predicted molar refractivity (Wildman–Crippen MR) is 71.0 cm³/mol. The molecule has 1 atom stereocenters. The van der Waals surface area contributed by atoms with Gasteiger partial charge >= 0.3 is 0 Å². The van der Waals surface area contributed by atoms with Crippen molar-refractivity contribution in [2.24, 2.45) is 0 Å². The van der Waals surface area contributed by atoms with Crippen LogP contribution in [0, 0.1) is 0 Å². The van der Waals surface area contributed by atoms with Gasteiger partial charge in [-0.3, -0.25) is 4.79 Å². The van der Waals surface area contributed by atoms with Gasteiger partial charge in [0.1, 0.15) is 6.61 Å². The molecule has 1 N–H and O–H groups in total. The molecule has 3 saturated heterocycles. The summed E-state index contributed by atoms with van der Waals surface area (Å²) in [6.07, 6.45) is 5.44. The summed E-state index contributed by atoms with van der Waals surface area (Å²) in [6.45, 7) is 4.73. The molecular weight excluding hydrogens is 244 g/mol. The van der Waals surface area contributed by atoms with Gasteiger partial charge in [0.2, 0.25) is 5.91 Å². The van der Waals surface area contributed by atoms with Crippen LogP contribution in [0.25, 0.3) is 0 Å². The van der Waals surface area contributed by atoms with Gasteiger partial charge in [-0.1, -0.05) is 0 Å². The second-order valence-electron chi connectivity index (χ2n) is 5.97. The topological polar surface area (TPSA) is 50.8 Å². The van der Waals surface area contributed by atoms with Crippen molar-refractivity contribution in [3.05, 3.63) is 0 Å². The highest BCUT2D eigenvalue weighted by molar-refractivity contribution is 5.77. The van der Waals surface area contributed by atoms with E-state index in [4.69, 9.17) is 9.47 Å². The van der Waals surface area contributed by atoms with Crippen LogP contribution in [0.4, 0.5) is 0 Å². The summed E-state index contributed by atoms with van der Waals surface area (Å²) in [5.41, 5.74) is 0.0204. The number of rotatable bonds is 3. The molecule has 3 fully saturated rings. The van der Waals surface area contributed by atoms with Gasteiger partial charge in [-0.2, -0.15) is 0 Å². The molecule has 5 nitrogen and oxygen atoms in total. The van der Waals surface area contributed by atoms with Crippen LogP contribution in [0.5, 0.6) is 0 Å². The Bertz CT molecular complexity index is 323. The van der Waals surface area contributed by atoms with E-state index in [0.717, 1.165) is 58.3 Å². The molecule has 0 saturated carbocycles. The van der Waals surface area contributed by atoms with Gasteiger partial charge in [0.05, 0.1) is 18.3 Å². The SMILES string of the molecule is O=C(COC1COC2(CCNCC2)C1)N1CCCC1. The number of piperidine rings is 1. The highest BCUT2D eigenvalue weighted by atomic mass is 16.6. The molecule has 3 aliphatic rings. The van der Waals surface area contributed by atoms with Crippen LogP contribution in [0.3, 0.4) is 0 Å². The summed E-state index contributed by atoms with van der Waals surface area (Å²) in [5, 5.41) is 3.36. The van der Waals surface area contributed by atoms with Crippen molar-refractivity contribution in [3.8, 4) is 0 Å². The molecule has 1 spiro atoms. The van der Waals surface area contributed by atoms with E-state index in [0.29, 0.717) is 6.61 Å². The molecule has 0 aliphatic carbocycles. The van der Waals surface area contributed by atoms with Crippen molar-refractivity contribution >= 4 is 5.91 Å². The number of ether oxygens (including phenoxy) is 2. The zero-order chi connectivity index (χ0) is 13.1. The van der Waals surface area contributed by atoms with Gasteiger partial charge in [-0.05, 0) is 38.8 Å². The number of carbonyl (C=O) groups is 1. The lowest BCUT2D eigenvalue weighted by Gasteiger charge is -2.32. The lowest BCUT2D eigenvalue weighted by atomic mass is 9.89. The molecule has 3 rings (SSSR count). The quantitative estimate of drug-likeness (QED) is 0.811. The molecule has 0 aromatic carbocycles. The van der Waals surface area contributed by atoms with E-state index in [1.54, 1.807) is 0 Å². The summed E-state index contributed by atoms with van der Waals surface area (Å²) in [7, 11) is 0. The fourth-order valence-corrected chi connectivity index (χ4v) is 3.39. The van der Waals surface area contributed by atoms with Gasteiger partial charge in [0, 0.05) is 19.5 Å². The first kappa shape index (κ1) is 13.3. The van der Waals surface area contributed by atoms with Crippen molar-refractivity contribution in [1.82, 2.24) is 10.2 Å². The highest BCUT2D eigenvalue weighted by Crippen LogP contribution is 2.35. The predicted octanol–water partition coefficient (Wildman–Crippen LogP) is 0.537. The fourth-order valence-electron chi connectivity index (χ4n) is 3.39. The van der Waals surface area contributed by atoms with Crippen molar-refractivity contribution in [2.45, 2.75) is 43.8 Å². The Morgan fingerprint density at radius 3 is 2.79 bits per heavy atom. The summed E-state index contributed by atoms with van der Waals surface area (Å²) >= 11 is 0. The lowest BCUT2D eigenvalue weighted by Crippen LogP contribution is -2.41. The van der Waals surface area contributed by atoms with Crippen molar-refractivity contribution < 1.29 is 14.3 Å². The smallest absolute Gasteiger partial charge is 0.248 e. The molecule has 3 aliphatic heterocycles. The van der Waals surface area contributed by atoms with Crippen LogP contribution in [-0.4, -0.2) is 61.9 Å². The first-order valence-corrected chi connectivity index (χ1v) is 7.52. The minimum absolute atomic E-state index is 0.0204. The third kappa shape index (κ3) is 3.09. The number of amides is 1. The minimum Gasteiger partial charge on any atom is -0.372 e. The van der Waals surface area contributed by atoms with E-state index in [1.165, 1.54) is 0 Å². The Kier molecular flexibility index (Phi) is 4.05. The van der Waals surface area contributed by atoms with Crippen molar-refractivity contribution in [2.75, 3.05) is 39.4 Å². The Labute approximate surface area is 114 Å². The van der Waals surface area contributed by atoms with E-state index >= 15 is 0 Å². The van der Waals surface area contributed by atoms with Crippen LogP contribution in [0.15, 0.2) is 0 Å². The minimum atomic E-state index is 0.0204. The van der Waals surface area contributed by atoms with Gasteiger partial charge in [0.15, 0.2) is 0 Å². The third-order valence-electron chi connectivity index (χ3n) is 4.59. The van der Waals surface area contributed by atoms with Gasteiger partial charge in [-0.25, -0.2) is 0 Å². The van der Waals surface area contributed by atoms with E-state index in [-0.39, 0.29) is 24.2 Å². The number of hydrogen-bond donors (Lipinski definition) is 1. The molecule has 3 heterocycles. The Morgan fingerprint density at radius 1 is 1.32 bits per heavy atom. The number of likely N-dealkylation sites (tertiary alicyclic amines) is 1. The normalized spacial score (nSPS) is 30.1. The standard InChI is InChI=1S/C14H24N2O3/c17-13(16-7-1-2-8-16)11-18-12-9-14(19-10-12)3-5-15-6-4-14/h12,15H,1-11H2. The van der Waals surface area contributed by atoms with Crippen LogP contribution < -0.4 is 5.32 Å². The molecule has 0 radical (unpaired) electrons. The first-order chi connectivity index (χ1) is 9.27. The Balaban J connectivity index is 1.42. The molecule has 1 amide bonds. The van der Waals surface area contributed by atoms with E-state index in [2.05, 4.69) is 5.32 Å². The second kappa shape index (κ2) is 5.77. The number of nitrogens with one attached hydrogen (secondary N) is 1. The largest absolute Gasteiger partial charge is 0.372 e. The first-order valence-electron chi connectivity index (χ1n) is 7.52. The molecule has 0 aromatic heterocycles. The number of carbonyl (C=O) groups excluding carboxylic acids is 1. The third-order valence-corrected chi connectivity index (χ3v) is 4.59. The van der Waals surface area contributed by atoms with E-state index in [9.17, 15) is 4.79 Å². The van der Waals surface area contributed by atoms with E-state index < -0.39 is 0 Å². The zero-order valence-corrected chi connectivity index (χ0v) is 11.5. The Hall–Kier alpha value is -0.650. The Morgan fingerprint density at radius 2 is 2.05 bits per heavy atom. The van der Waals surface area contributed by atoms with Gasteiger partial charge in [0.25, 0.3) is 0 Å². The van der Waals surface area contributed by atoms with Crippen LogP contribution in [-0.2, 0) is 14.3 Å². The van der Waals surface area contributed by atoms with E-state index in [1.807, 2.05) is 4.90 Å². The number of hydrogen-bond acceptors (Lipinski definition) is 4. The maximum absolute atomic E-state index is 11.9. The zero-order valence-electron chi connectivity index (χ0n) is 11.5. The monoisotopic (exact) mass is 268 g/mol. The molecule has 19 heavy (non-hydrogen) atoms. The highest BCUT2D eigenvalue weighted by Gasteiger charge is 2.41. The van der Waals surface area contributed by atoms with Crippen molar-refractivity contribution in [1.29, 1.82) is 0 Å². The fraction of sp³-hybridized carbons (Fsp3) is 0.929. The molecule has 0 aromatic rings. The molecule has 0 bridgehead atoms. The summed E-state index contributed by atoms with van der Waals surface area (Å²) in [5.74, 6) is 0.142. The van der Waals surface area contributed by atoms with Crippen LogP contribution in [0.2, 0.25) is 0 Å². The van der Waals surface area contributed by atoms with Gasteiger partial charge < -0.3 is 19.7 Å². The van der Waals surface area contributed by atoms with Gasteiger partial charge in [-0.15, -0.1) is 0 Å². The molecule has 108 valence electrons. The maximum atomic E-state index is 11.9. The van der Waals surface area contributed by atoms with Crippen LogP contribution in [0.1, 0.15) is 32.1 Å². The van der Waals surface area contributed by atoms with Crippen LogP contribution >= 0.6 is 0 Å². The maximum Gasteiger partial charge on any atom is 0.248 e. The molecular formula is C14H24N2O3. The number of nitrogens with zero attached hydrogens (tertiary/aromatic N) is 1. The second-order valence-corrected chi connectivity index (χ2v) is 5.97. The summed E-state index contributed by atoms with van der Waals surface area (Å²) in [4.78, 5) is 13.8. The summed E-state index contributed by atoms with van der Waals surface area (Å²) in [6, 6.07) is 0.